The summed E-state index contributed by atoms with van der Waals surface area (Å²) in [5.74, 6) is -0.365. The molecular formula is C13H22N4O. The van der Waals surface area contributed by atoms with E-state index in [0.29, 0.717) is 6.04 Å². The van der Waals surface area contributed by atoms with Gasteiger partial charge in [-0.25, -0.2) is 0 Å². The summed E-state index contributed by atoms with van der Waals surface area (Å²) < 4.78 is 1.58. The quantitative estimate of drug-likeness (QED) is 0.857. The summed E-state index contributed by atoms with van der Waals surface area (Å²) in [5.41, 5.74) is 6.12. The highest BCUT2D eigenvalue weighted by Gasteiger charge is 2.12. The average Bonchev–Trinajstić information content (AvgIpc) is 2.68. The number of nitrogens with two attached hydrogens (primary N) is 1. The first-order valence-electron chi connectivity index (χ1n) is 6.81. The number of hydrogen-bond acceptors (Lipinski definition) is 3. The Morgan fingerprint density at radius 1 is 1.33 bits per heavy atom. The Kier molecular flexibility index (Phi) is 4.61. The zero-order chi connectivity index (χ0) is 12.8. The van der Waals surface area contributed by atoms with E-state index in [4.69, 9.17) is 5.73 Å². The molecule has 5 heteroatoms. The molecule has 0 saturated heterocycles. The molecule has 100 valence electrons. The summed E-state index contributed by atoms with van der Waals surface area (Å²) >= 11 is 0. The van der Waals surface area contributed by atoms with Gasteiger partial charge >= 0.3 is 0 Å². The lowest BCUT2D eigenvalue weighted by Crippen LogP contribution is -2.20. The molecule has 3 N–H and O–H groups in total. The number of carbonyl (C=O) groups excluding carboxylic acids is 1. The van der Waals surface area contributed by atoms with Gasteiger partial charge in [0.2, 0.25) is 5.91 Å². The van der Waals surface area contributed by atoms with E-state index >= 15 is 0 Å². The van der Waals surface area contributed by atoms with E-state index in [2.05, 4.69) is 10.4 Å². The summed E-state index contributed by atoms with van der Waals surface area (Å²) in [6.07, 6.45) is 12.7. The molecule has 5 nitrogen and oxygen atoms in total. The van der Waals surface area contributed by atoms with E-state index in [-0.39, 0.29) is 12.5 Å². The molecule has 1 saturated carbocycles. The number of anilines is 1. The zero-order valence-electron chi connectivity index (χ0n) is 10.8. The highest BCUT2D eigenvalue weighted by molar-refractivity contribution is 5.73. The van der Waals surface area contributed by atoms with Crippen molar-refractivity contribution in [1.29, 1.82) is 0 Å². The van der Waals surface area contributed by atoms with E-state index < -0.39 is 0 Å². The lowest BCUT2D eigenvalue weighted by atomic mass is 9.97. The summed E-state index contributed by atoms with van der Waals surface area (Å²) in [6.45, 7) is 0.145. The van der Waals surface area contributed by atoms with Crippen molar-refractivity contribution < 1.29 is 4.79 Å². The smallest absolute Gasteiger partial charge is 0.239 e. The van der Waals surface area contributed by atoms with Crippen molar-refractivity contribution in [3.05, 3.63) is 12.4 Å². The first-order valence-corrected chi connectivity index (χ1v) is 6.81. The third-order valence-corrected chi connectivity index (χ3v) is 3.43. The number of nitrogens with one attached hydrogen (secondary N) is 1. The van der Waals surface area contributed by atoms with Crippen LogP contribution in [0.4, 0.5) is 5.69 Å². The third-order valence-electron chi connectivity index (χ3n) is 3.43. The minimum absolute atomic E-state index is 0.145. The molecule has 0 radical (unpaired) electrons. The fourth-order valence-electron chi connectivity index (χ4n) is 2.52. The summed E-state index contributed by atoms with van der Waals surface area (Å²) in [6, 6.07) is 0.538. The monoisotopic (exact) mass is 250 g/mol. The lowest BCUT2D eigenvalue weighted by molar-refractivity contribution is -0.118. The minimum atomic E-state index is -0.365. The zero-order valence-corrected chi connectivity index (χ0v) is 10.8. The van der Waals surface area contributed by atoms with E-state index in [0.717, 1.165) is 5.69 Å². The van der Waals surface area contributed by atoms with Crippen LogP contribution >= 0.6 is 0 Å². The number of nitrogens with zero attached hydrogens (tertiary/aromatic N) is 2. The maximum absolute atomic E-state index is 10.8. The Labute approximate surface area is 108 Å². The number of aromatic nitrogens is 2. The van der Waals surface area contributed by atoms with Gasteiger partial charge in [-0.2, -0.15) is 5.10 Å². The lowest BCUT2D eigenvalue weighted by Gasteiger charge is -2.21. The van der Waals surface area contributed by atoms with E-state index in [9.17, 15) is 4.79 Å². The Hall–Kier alpha value is -1.52. The predicted octanol–water partition coefficient (Wildman–Crippen LogP) is 1.89. The van der Waals surface area contributed by atoms with Gasteiger partial charge in [-0.05, 0) is 12.8 Å². The second-order valence-electron chi connectivity index (χ2n) is 5.08. The van der Waals surface area contributed by atoms with Crippen LogP contribution in [0.1, 0.15) is 44.9 Å². The van der Waals surface area contributed by atoms with Crippen LogP contribution in [0.15, 0.2) is 12.4 Å². The molecule has 0 unspecified atom stereocenters. The molecule has 0 aromatic carbocycles. The van der Waals surface area contributed by atoms with Crippen LogP contribution in [0.2, 0.25) is 0 Å². The van der Waals surface area contributed by atoms with Crippen LogP contribution in [0.25, 0.3) is 0 Å². The largest absolute Gasteiger partial charge is 0.380 e. The summed E-state index contributed by atoms with van der Waals surface area (Å²) in [5, 5.41) is 7.62. The van der Waals surface area contributed by atoms with Crippen LogP contribution in [0, 0.1) is 0 Å². The molecule has 1 aliphatic carbocycles. The SMILES string of the molecule is NC(=O)Cn1cc(NC2CCCCCCC2)cn1. The van der Waals surface area contributed by atoms with Crippen LogP contribution in [0.5, 0.6) is 0 Å². The molecule has 1 aromatic heterocycles. The number of primary amides is 1. The van der Waals surface area contributed by atoms with Crippen LogP contribution in [-0.2, 0) is 11.3 Å². The van der Waals surface area contributed by atoms with E-state index in [1.54, 1.807) is 10.9 Å². The molecule has 2 rings (SSSR count). The third kappa shape index (κ3) is 4.05. The minimum Gasteiger partial charge on any atom is -0.380 e. The number of amides is 1. The first kappa shape index (κ1) is 12.9. The molecule has 1 heterocycles. The Morgan fingerprint density at radius 2 is 2.00 bits per heavy atom. The van der Waals surface area contributed by atoms with Gasteiger partial charge in [0.15, 0.2) is 0 Å². The molecule has 0 atom stereocenters. The van der Waals surface area contributed by atoms with Crippen molar-refractivity contribution in [2.45, 2.75) is 57.5 Å². The molecule has 0 spiro atoms. The first-order chi connectivity index (χ1) is 8.74. The van der Waals surface area contributed by atoms with Crippen LogP contribution in [-0.4, -0.2) is 21.7 Å². The standard InChI is InChI=1S/C13H22N4O/c14-13(18)10-17-9-12(8-15-17)16-11-6-4-2-1-3-5-7-11/h8-9,11,16H,1-7,10H2,(H2,14,18). The van der Waals surface area contributed by atoms with Gasteiger partial charge < -0.3 is 11.1 Å². The van der Waals surface area contributed by atoms with Gasteiger partial charge in [0.05, 0.1) is 11.9 Å². The van der Waals surface area contributed by atoms with Crippen molar-refractivity contribution >= 4 is 11.6 Å². The van der Waals surface area contributed by atoms with Gasteiger partial charge in [-0.3, -0.25) is 9.48 Å². The molecule has 1 amide bonds. The van der Waals surface area contributed by atoms with Gasteiger partial charge in [-0.1, -0.05) is 32.1 Å². The highest BCUT2D eigenvalue weighted by atomic mass is 16.1. The number of hydrogen-bond donors (Lipinski definition) is 2. The van der Waals surface area contributed by atoms with Crippen molar-refractivity contribution in [2.75, 3.05) is 5.32 Å². The molecule has 1 aliphatic rings. The highest BCUT2D eigenvalue weighted by Crippen LogP contribution is 2.20. The van der Waals surface area contributed by atoms with Crippen LogP contribution < -0.4 is 11.1 Å². The Morgan fingerprint density at radius 3 is 2.67 bits per heavy atom. The van der Waals surface area contributed by atoms with Gasteiger partial charge in [0.25, 0.3) is 0 Å². The fourth-order valence-corrected chi connectivity index (χ4v) is 2.52. The molecule has 0 bridgehead atoms. The number of carbonyl (C=O) groups is 1. The van der Waals surface area contributed by atoms with Crippen molar-refractivity contribution in [3.63, 3.8) is 0 Å². The molecule has 1 fully saturated rings. The van der Waals surface area contributed by atoms with Crippen LogP contribution in [0.3, 0.4) is 0 Å². The molecule has 1 aromatic rings. The summed E-state index contributed by atoms with van der Waals surface area (Å²) in [4.78, 5) is 10.8. The molecule has 18 heavy (non-hydrogen) atoms. The predicted molar refractivity (Wildman–Crippen MR) is 71.2 cm³/mol. The topological polar surface area (TPSA) is 72.9 Å². The van der Waals surface area contributed by atoms with Gasteiger partial charge in [0.1, 0.15) is 6.54 Å². The maximum atomic E-state index is 10.8. The van der Waals surface area contributed by atoms with Crippen molar-refractivity contribution in [3.8, 4) is 0 Å². The number of rotatable bonds is 4. The summed E-state index contributed by atoms with van der Waals surface area (Å²) in [7, 11) is 0. The fraction of sp³-hybridized carbons (Fsp3) is 0.692. The molecular weight excluding hydrogens is 228 g/mol. The second-order valence-corrected chi connectivity index (χ2v) is 5.08. The van der Waals surface area contributed by atoms with E-state index in [1.165, 1.54) is 44.9 Å². The van der Waals surface area contributed by atoms with E-state index in [1.807, 2.05) is 6.20 Å². The van der Waals surface area contributed by atoms with Gasteiger partial charge in [-0.15, -0.1) is 0 Å². The second kappa shape index (κ2) is 6.42. The Balaban J connectivity index is 1.87. The molecule has 0 aliphatic heterocycles. The average molecular weight is 250 g/mol. The normalized spacial score (nSPS) is 18.0. The maximum Gasteiger partial charge on any atom is 0.239 e. The Bertz CT molecular complexity index is 380. The van der Waals surface area contributed by atoms with Crippen molar-refractivity contribution in [1.82, 2.24) is 9.78 Å². The van der Waals surface area contributed by atoms with Crippen molar-refractivity contribution in [2.24, 2.45) is 5.73 Å². The van der Waals surface area contributed by atoms with Gasteiger partial charge in [0, 0.05) is 12.2 Å².